The molecular formula is C78H152O17P2. The van der Waals surface area contributed by atoms with Gasteiger partial charge in [0.05, 0.1) is 26.4 Å². The minimum atomic E-state index is -4.96. The van der Waals surface area contributed by atoms with E-state index in [9.17, 15) is 43.2 Å². The molecule has 3 N–H and O–H groups in total. The maximum atomic E-state index is 13.1. The Morgan fingerprint density at radius 3 is 0.732 bits per heavy atom. The van der Waals surface area contributed by atoms with Crippen molar-refractivity contribution in [2.45, 2.75) is 420 Å². The van der Waals surface area contributed by atoms with E-state index in [4.69, 9.17) is 37.0 Å². The number of ether oxygens (including phenoxy) is 4. The highest BCUT2D eigenvalue weighted by Crippen LogP contribution is 2.45. The Balaban J connectivity index is 5.28. The molecule has 0 heterocycles. The summed E-state index contributed by atoms with van der Waals surface area (Å²) in [5.74, 6) is 0.276. The lowest BCUT2D eigenvalue weighted by Crippen LogP contribution is -2.30. The van der Waals surface area contributed by atoms with Crippen molar-refractivity contribution in [1.82, 2.24) is 0 Å². The predicted molar refractivity (Wildman–Crippen MR) is 395 cm³/mol. The average molecular weight is 1420 g/mol. The third kappa shape index (κ3) is 68.3. The second-order valence-electron chi connectivity index (χ2n) is 28.8. The molecule has 0 saturated carbocycles. The van der Waals surface area contributed by atoms with Crippen LogP contribution in [-0.2, 0) is 65.4 Å². The normalized spacial score (nSPS) is 14.9. The van der Waals surface area contributed by atoms with Crippen molar-refractivity contribution in [3.63, 3.8) is 0 Å². The van der Waals surface area contributed by atoms with Gasteiger partial charge in [0.2, 0.25) is 0 Å². The average Bonchev–Trinajstić information content (AvgIpc) is 1.11. The van der Waals surface area contributed by atoms with Crippen LogP contribution in [0.1, 0.15) is 402 Å². The number of aliphatic hydroxyl groups excluding tert-OH is 1. The first-order valence-electron chi connectivity index (χ1n) is 40.5. The standard InChI is InChI=1S/C78H152O17P2/c1-8-12-13-14-15-16-17-18-19-20-21-22-23-31-40-47-54-61-77(82)94-73(65-88-75(80)59-52-45-38-30-26-24-28-35-42-49-56-69(5)9-2)67-92-96(84,85)90-63-72(79)64-91-97(86,87)93-68-74(66-89-76(81)60-53-46-39-34-33-37-44-51-58-71(7)11-4)95-78(83)62-55-48-41-32-27-25-29-36-43-50-57-70(6)10-3/h69-74,79H,8-68H2,1-7H3,(H,84,85)(H,86,87)/t69?,70?,71?,72-,73-,74-/m1/s1. The molecular weight excluding hydrogens is 1270 g/mol. The quantitative estimate of drug-likeness (QED) is 0.0222. The molecule has 0 bridgehead atoms. The Hall–Kier alpha value is -1.94. The maximum absolute atomic E-state index is 13.1. The van der Waals surface area contributed by atoms with Gasteiger partial charge in [-0.15, -0.1) is 0 Å². The Labute approximate surface area is 594 Å². The molecule has 19 heteroatoms. The van der Waals surface area contributed by atoms with E-state index in [1.807, 2.05) is 0 Å². The lowest BCUT2D eigenvalue weighted by Gasteiger charge is -2.21. The van der Waals surface area contributed by atoms with Crippen molar-refractivity contribution >= 4 is 39.5 Å². The highest BCUT2D eigenvalue weighted by atomic mass is 31.2. The summed E-state index contributed by atoms with van der Waals surface area (Å²) < 4.78 is 68.7. The van der Waals surface area contributed by atoms with Crippen LogP contribution in [0.5, 0.6) is 0 Å². The van der Waals surface area contributed by atoms with Crippen LogP contribution in [0.2, 0.25) is 0 Å². The molecule has 0 aromatic carbocycles. The van der Waals surface area contributed by atoms with Gasteiger partial charge in [-0.2, -0.15) is 0 Å². The van der Waals surface area contributed by atoms with Gasteiger partial charge >= 0.3 is 39.5 Å². The molecule has 0 aromatic rings. The van der Waals surface area contributed by atoms with Gasteiger partial charge in [0.1, 0.15) is 19.3 Å². The van der Waals surface area contributed by atoms with Crippen LogP contribution in [0.4, 0.5) is 0 Å². The van der Waals surface area contributed by atoms with Crippen molar-refractivity contribution in [3.05, 3.63) is 0 Å². The Morgan fingerprint density at radius 2 is 0.495 bits per heavy atom. The zero-order chi connectivity index (χ0) is 71.6. The first kappa shape index (κ1) is 95.1. The van der Waals surface area contributed by atoms with E-state index in [1.165, 1.54) is 212 Å². The van der Waals surface area contributed by atoms with Crippen molar-refractivity contribution < 1.29 is 80.2 Å². The van der Waals surface area contributed by atoms with E-state index >= 15 is 0 Å². The fraction of sp³-hybridized carbons (Fsp3) is 0.949. The Bertz CT molecular complexity index is 1890. The zero-order valence-electron chi connectivity index (χ0n) is 63.5. The summed E-state index contributed by atoms with van der Waals surface area (Å²) in [5.41, 5.74) is 0. The molecule has 0 amide bonds. The van der Waals surface area contributed by atoms with E-state index in [1.54, 1.807) is 0 Å². The molecule has 0 spiro atoms. The molecule has 0 radical (unpaired) electrons. The second kappa shape index (κ2) is 68.5. The zero-order valence-corrected chi connectivity index (χ0v) is 65.3. The first-order valence-corrected chi connectivity index (χ1v) is 43.5. The fourth-order valence-electron chi connectivity index (χ4n) is 11.9. The summed E-state index contributed by atoms with van der Waals surface area (Å²) in [6, 6.07) is 0. The molecule has 5 unspecified atom stereocenters. The van der Waals surface area contributed by atoms with Crippen LogP contribution in [-0.4, -0.2) is 96.7 Å². The number of unbranched alkanes of at least 4 members (excludes halogenated alkanes) is 41. The van der Waals surface area contributed by atoms with Crippen LogP contribution in [0, 0.1) is 17.8 Å². The molecule has 8 atom stereocenters. The van der Waals surface area contributed by atoms with Crippen LogP contribution in [0.25, 0.3) is 0 Å². The van der Waals surface area contributed by atoms with Crippen LogP contribution in [0.3, 0.4) is 0 Å². The molecule has 0 aliphatic heterocycles. The number of aliphatic hydroxyl groups is 1. The van der Waals surface area contributed by atoms with Gasteiger partial charge in [0.15, 0.2) is 12.2 Å². The van der Waals surface area contributed by atoms with Crippen molar-refractivity contribution in [2.24, 2.45) is 17.8 Å². The van der Waals surface area contributed by atoms with Gasteiger partial charge in [-0.1, -0.05) is 350 Å². The molecule has 0 rings (SSSR count). The molecule has 0 saturated heterocycles. The molecule has 0 fully saturated rings. The Morgan fingerprint density at radius 1 is 0.289 bits per heavy atom. The summed E-state index contributed by atoms with van der Waals surface area (Å²) in [5, 5.41) is 10.6. The molecule has 576 valence electrons. The summed E-state index contributed by atoms with van der Waals surface area (Å²) in [7, 11) is -9.92. The van der Waals surface area contributed by atoms with E-state index in [-0.39, 0.29) is 25.7 Å². The first-order chi connectivity index (χ1) is 46.8. The van der Waals surface area contributed by atoms with Crippen LogP contribution < -0.4 is 0 Å². The lowest BCUT2D eigenvalue weighted by atomic mass is 9.99. The summed E-state index contributed by atoms with van der Waals surface area (Å²) in [6.45, 7) is 12.0. The largest absolute Gasteiger partial charge is 0.472 e. The second-order valence-corrected chi connectivity index (χ2v) is 31.7. The van der Waals surface area contributed by atoms with E-state index in [0.717, 1.165) is 108 Å². The van der Waals surface area contributed by atoms with E-state index < -0.39 is 97.5 Å². The number of esters is 4. The minimum absolute atomic E-state index is 0.106. The predicted octanol–water partition coefficient (Wildman–Crippen LogP) is 23.0. The van der Waals surface area contributed by atoms with E-state index in [2.05, 4.69) is 48.5 Å². The Kier molecular flexibility index (Phi) is 67.1. The van der Waals surface area contributed by atoms with Gasteiger partial charge in [0, 0.05) is 25.7 Å². The molecule has 0 aliphatic rings. The highest BCUT2D eigenvalue weighted by molar-refractivity contribution is 7.47. The van der Waals surface area contributed by atoms with Crippen molar-refractivity contribution in [3.8, 4) is 0 Å². The third-order valence-corrected chi connectivity index (χ3v) is 21.1. The smallest absolute Gasteiger partial charge is 0.462 e. The SMILES string of the molecule is CCCCCCCCCCCCCCCCCCCC(=O)O[C@H](COC(=O)CCCCCCCCCCCCC(C)CC)COP(=O)(O)OC[C@@H](O)COP(=O)(O)OC[C@@H](COC(=O)CCCCCCCCCCC(C)CC)OC(=O)CCCCCCCCCCCCC(C)CC. The van der Waals surface area contributed by atoms with Crippen molar-refractivity contribution in [1.29, 1.82) is 0 Å². The summed E-state index contributed by atoms with van der Waals surface area (Å²) >= 11 is 0. The number of hydrogen-bond acceptors (Lipinski definition) is 15. The number of carbonyl (C=O) groups is 4. The van der Waals surface area contributed by atoms with E-state index in [0.29, 0.717) is 25.7 Å². The van der Waals surface area contributed by atoms with Gasteiger partial charge in [0.25, 0.3) is 0 Å². The number of phosphoric acid groups is 2. The summed E-state index contributed by atoms with van der Waals surface area (Å²) in [6.07, 6.45) is 55.2. The molecule has 0 aromatic heterocycles. The highest BCUT2D eigenvalue weighted by Gasteiger charge is 2.30. The number of rotatable bonds is 76. The number of phosphoric ester groups is 2. The third-order valence-electron chi connectivity index (χ3n) is 19.2. The van der Waals surface area contributed by atoms with Gasteiger partial charge in [-0.3, -0.25) is 37.3 Å². The maximum Gasteiger partial charge on any atom is 0.472 e. The minimum Gasteiger partial charge on any atom is -0.462 e. The van der Waals surface area contributed by atoms with Gasteiger partial charge < -0.3 is 33.8 Å². The van der Waals surface area contributed by atoms with Crippen molar-refractivity contribution in [2.75, 3.05) is 39.6 Å². The van der Waals surface area contributed by atoms with Gasteiger partial charge in [-0.25, -0.2) is 9.13 Å². The van der Waals surface area contributed by atoms with Crippen LogP contribution >= 0.6 is 15.6 Å². The monoisotopic (exact) mass is 1420 g/mol. The lowest BCUT2D eigenvalue weighted by molar-refractivity contribution is -0.161. The fourth-order valence-corrected chi connectivity index (χ4v) is 13.4. The number of carbonyl (C=O) groups excluding carboxylic acids is 4. The topological polar surface area (TPSA) is 237 Å². The molecule has 0 aliphatic carbocycles. The van der Waals surface area contributed by atoms with Crippen LogP contribution in [0.15, 0.2) is 0 Å². The number of hydrogen-bond donors (Lipinski definition) is 3. The van der Waals surface area contributed by atoms with Gasteiger partial charge in [-0.05, 0) is 43.4 Å². The molecule has 97 heavy (non-hydrogen) atoms. The molecule has 17 nitrogen and oxygen atoms in total. The summed E-state index contributed by atoms with van der Waals surface area (Å²) in [4.78, 5) is 73.0.